The van der Waals surface area contributed by atoms with Crippen LogP contribution in [0.15, 0.2) is 23.2 Å². The maximum atomic E-state index is 14.0. The van der Waals surface area contributed by atoms with Crippen LogP contribution in [0.5, 0.6) is 0 Å². The largest absolute Gasteiger partial charge is 0.353 e. The van der Waals surface area contributed by atoms with E-state index in [1.807, 2.05) is 18.5 Å². The van der Waals surface area contributed by atoms with Crippen LogP contribution in [0.3, 0.4) is 0 Å². The fourth-order valence-electron chi connectivity index (χ4n) is 3.78. The summed E-state index contributed by atoms with van der Waals surface area (Å²) in [6.45, 7) is 5.33. The van der Waals surface area contributed by atoms with Crippen LogP contribution in [-0.4, -0.2) is 33.3 Å². The number of fused-ring (bicyclic) bond motifs is 1. The number of guanidine groups is 1. The quantitative estimate of drug-likeness (QED) is 0.638. The van der Waals surface area contributed by atoms with Crippen molar-refractivity contribution < 1.29 is 8.78 Å². The molecule has 2 N–H and O–H groups in total. The monoisotopic (exact) mass is 374 g/mol. The van der Waals surface area contributed by atoms with Gasteiger partial charge < -0.3 is 10.6 Å². The first-order chi connectivity index (χ1) is 13.1. The summed E-state index contributed by atoms with van der Waals surface area (Å²) in [4.78, 5) is 9.03. The molecule has 0 saturated heterocycles. The molecule has 27 heavy (non-hydrogen) atoms. The fraction of sp³-hybridized carbons (Fsp3) is 0.526. The number of benzene rings is 1. The van der Waals surface area contributed by atoms with E-state index in [0.29, 0.717) is 18.9 Å². The molecule has 1 aromatic carbocycles. The number of hydrogen-bond donors (Lipinski definition) is 2. The number of rotatable bonds is 4. The van der Waals surface area contributed by atoms with Gasteiger partial charge in [-0.05, 0) is 45.2 Å². The van der Waals surface area contributed by atoms with Crippen LogP contribution in [0.4, 0.5) is 8.78 Å². The van der Waals surface area contributed by atoms with Crippen LogP contribution in [-0.2, 0) is 6.54 Å². The lowest BCUT2D eigenvalue weighted by Gasteiger charge is -2.25. The van der Waals surface area contributed by atoms with Crippen LogP contribution in [0.2, 0.25) is 0 Å². The summed E-state index contributed by atoms with van der Waals surface area (Å²) in [5, 5.41) is 11.2. The molecule has 1 aliphatic carbocycles. The topological polar surface area (TPSA) is 67.1 Å². The highest BCUT2D eigenvalue weighted by molar-refractivity contribution is 5.81. The molecule has 1 saturated carbocycles. The number of hydrogen-bond acceptors (Lipinski definition) is 3. The van der Waals surface area contributed by atoms with Crippen LogP contribution in [0.1, 0.15) is 55.4 Å². The molecule has 0 amide bonds. The summed E-state index contributed by atoms with van der Waals surface area (Å²) in [5.41, 5.74) is 0.166. The van der Waals surface area contributed by atoms with Gasteiger partial charge in [0.2, 0.25) is 0 Å². The summed E-state index contributed by atoms with van der Waals surface area (Å²) in [6.07, 6.45) is 2.64. The minimum atomic E-state index is -0.484. The first-order valence-electron chi connectivity index (χ1n) is 9.49. The molecule has 8 heteroatoms. The van der Waals surface area contributed by atoms with Gasteiger partial charge in [0.05, 0.1) is 6.04 Å². The van der Waals surface area contributed by atoms with Gasteiger partial charge in [0.25, 0.3) is 0 Å². The van der Waals surface area contributed by atoms with Crippen molar-refractivity contribution in [3.63, 3.8) is 0 Å². The Kier molecular flexibility index (Phi) is 4.80. The second-order valence-electron chi connectivity index (χ2n) is 7.13. The average molecular weight is 374 g/mol. The standard InChI is InChI=1S/C19H24F2N6/c1-3-22-19(24-15-8-5-9-27-18(15)23-11(2)26-27)25-16-10-12(16)17-13(20)6-4-7-14(17)21/h4,6-7,12,15-16H,3,5,8-10H2,1-2H3,(H2,22,24,25). The first kappa shape index (κ1) is 17.9. The highest BCUT2D eigenvalue weighted by atomic mass is 19.1. The summed E-state index contributed by atoms with van der Waals surface area (Å²) in [6, 6.07) is 4.01. The average Bonchev–Trinajstić information content (AvgIpc) is 3.24. The number of nitrogens with one attached hydrogen (secondary N) is 2. The molecular formula is C19H24F2N6. The van der Waals surface area contributed by atoms with Gasteiger partial charge in [-0.15, -0.1) is 0 Å². The third kappa shape index (κ3) is 3.65. The van der Waals surface area contributed by atoms with Gasteiger partial charge >= 0.3 is 0 Å². The molecule has 4 rings (SSSR count). The Hall–Kier alpha value is -2.51. The van der Waals surface area contributed by atoms with Crippen molar-refractivity contribution in [2.45, 2.75) is 57.7 Å². The maximum Gasteiger partial charge on any atom is 0.192 e. The predicted octanol–water partition coefficient (Wildman–Crippen LogP) is 2.81. The van der Waals surface area contributed by atoms with E-state index in [1.54, 1.807) is 0 Å². The highest BCUT2D eigenvalue weighted by Gasteiger charge is 2.42. The molecule has 6 nitrogen and oxygen atoms in total. The molecule has 1 aromatic heterocycles. The van der Waals surface area contributed by atoms with Gasteiger partial charge in [-0.1, -0.05) is 6.07 Å². The van der Waals surface area contributed by atoms with Crippen molar-refractivity contribution in [2.24, 2.45) is 4.99 Å². The lowest BCUT2D eigenvalue weighted by atomic mass is 10.1. The fourth-order valence-corrected chi connectivity index (χ4v) is 3.78. The Morgan fingerprint density at radius 1 is 1.30 bits per heavy atom. The summed E-state index contributed by atoms with van der Waals surface area (Å²) in [5.74, 6) is 1.19. The smallest absolute Gasteiger partial charge is 0.192 e. The van der Waals surface area contributed by atoms with Gasteiger partial charge in [-0.2, -0.15) is 5.10 Å². The lowest BCUT2D eigenvalue weighted by molar-refractivity contribution is 0.397. The van der Waals surface area contributed by atoms with E-state index < -0.39 is 11.6 Å². The van der Waals surface area contributed by atoms with E-state index >= 15 is 0 Å². The molecule has 0 radical (unpaired) electrons. The molecular weight excluding hydrogens is 350 g/mol. The Morgan fingerprint density at radius 2 is 2.07 bits per heavy atom. The molecule has 144 valence electrons. The van der Waals surface area contributed by atoms with Gasteiger partial charge in [0.1, 0.15) is 23.3 Å². The van der Waals surface area contributed by atoms with E-state index in [1.165, 1.54) is 18.2 Å². The number of aryl methyl sites for hydroxylation is 2. The molecule has 3 atom stereocenters. The zero-order chi connectivity index (χ0) is 19.0. The molecule has 1 fully saturated rings. The second-order valence-corrected chi connectivity index (χ2v) is 7.13. The van der Waals surface area contributed by atoms with Crippen molar-refractivity contribution in [1.29, 1.82) is 0 Å². The van der Waals surface area contributed by atoms with Gasteiger partial charge in [0, 0.05) is 30.6 Å². The van der Waals surface area contributed by atoms with Crippen LogP contribution in [0.25, 0.3) is 0 Å². The van der Waals surface area contributed by atoms with Crippen molar-refractivity contribution >= 4 is 5.96 Å². The molecule has 1 aliphatic heterocycles. The van der Waals surface area contributed by atoms with E-state index in [0.717, 1.165) is 31.0 Å². The highest BCUT2D eigenvalue weighted by Crippen LogP contribution is 2.43. The zero-order valence-electron chi connectivity index (χ0n) is 15.5. The Balaban J connectivity index is 1.45. The number of halogens is 2. The summed E-state index contributed by atoms with van der Waals surface area (Å²) < 4.78 is 30.0. The Labute approximate surface area is 157 Å². The Morgan fingerprint density at radius 3 is 2.81 bits per heavy atom. The van der Waals surface area contributed by atoms with Crippen LogP contribution >= 0.6 is 0 Å². The van der Waals surface area contributed by atoms with E-state index in [-0.39, 0.29) is 23.6 Å². The van der Waals surface area contributed by atoms with Crippen molar-refractivity contribution in [3.05, 3.63) is 47.0 Å². The third-order valence-electron chi connectivity index (χ3n) is 5.09. The SMILES string of the molecule is CCN=C(NC1CCCn2nc(C)nc21)NC1CC1c1c(F)cccc1F. The number of nitrogens with zero attached hydrogens (tertiary/aromatic N) is 4. The van der Waals surface area contributed by atoms with Gasteiger partial charge in [-0.3, -0.25) is 4.99 Å². The second kappa shape index (κ2) is 7.25. The molecule has 0 spiro atoms. The van der Waals surface area contributed by atoms with E-state index in [4.69, 9.17) is 0 Å². The number of aromatic nitrogens is 3. The van der Waals surface area contributed by atoms with Gasteiger partial charge in [-0.25, -0.2) is 18.4 Å². The third-order valence-corrected chi connectivity index (χ3v) is 5.09. The van der Waals surface area contributed by atoms with Crippen LogP contribution in [0, 0.1) is 18.6 Å². The molecule has 2 aromatic rings. The van der Waals surface area contributed by atoms with Crippen molar-refractivity contribution in [3.8, 4) is 0 Å². The molecule has 2 aliphatic rings. The van der Waals surface area contributed by atoms with E-state index in [2.05, 4.69) is 25.7 Å². The maximum absolute atomic E-state index is 14.0. The van der Waals surface area contributed by atoms with Crippen molar-refractivity contribution in [2.75, 3.05) is 6.54 Å². The van der Waals surface area contributed by atoms with Crippen LogP contribution < -0.4 is 10.6 Å². The molecule has 3 unspecified atom stereocenters. The lowest BCUT2D eigenvalue weighted by Crippen LogP contribution is -2.43. The minimum absolute atomic E-state index is 0.0279. The number of aliphatic imine (C=N–C) groups is 1. The molecule has 2 heterocycles. The Bertz CT molecular complexity index is 842. The zero-order valence-corrected chi connectivity index (χ0v) is 15.5. The normalized spacial score (nSPS) is 24.4. The van der Waals surface area contributed by atoms with Gasteiger partial charge in [0.15, 0.2) is 5.96 Å². The minimum Gasteiger partial charge on any atom is -0.353 e. The summed E-state index contributed by atoms with van der Waals surface area (Å²) in [7, 11) is 0. The van der Waals surface area contributed by atoms with E-state index in [9.17, 15) is 8.78 Å². The predicted molar refractivity (Wildman–Crippen MR) is 98.5 cm³/mol. The van der Waals surface area contributed by atoms with Crippen molar-refractivity contribution in [1.82, 2.24) is 25.4 Å². The first-order valence-corrected chi connectivity index (χ1v) is 9.49. The summed E-state index contributed by atoms with van der Waals surface area (Å²) >= 11 is 0. The molecule has 0 bridgehead atoms.